The maximum Gasteiger partial charge on any atom is 0.135 e. The van der Waals surface area contributed by atoms with Crippen LogP contribution in [-0.4, -0.2) is 34.8 Å². The Labute approximate surface area is 126 Å². The van der Waals surface area contributed by atoms with Gasteiger partial charge in [-0.3, -0.25) is 0 Å². The molecule has 0 aromatic carbocycles. The maximum atomic E-state index is 5.93. The molecule has 3 unspecified atom stereocenters. The van der Waals surface area contributed by atoms with E-state index in [2.05, 4.69) is 41.4 Å². The van der Waals surface area contributed by atoms with E-state index in [0.717, 1.165) is 31.0 Å². The molecule has 0 spiro atoms. The van der Waals surface area contributed by atoms with Gasteiger partial charge in [-0.1, -0.05) is 20.8 Å². The van der Waals surface area contributed by atoms with E-state index in [9.17, 15) is 0 Å². The van der Waals surface area contributed by atoms with Gasteiger partial charge < -0.3 is 15.4 Å². The van der Waals surface area contributed by atoms with Crippen molar-refractivity contribution in [3.63, 3.8) is 0 Å². The quantitative estimate of drug-likeness (QED) is 0.843. The number of nitrogens with zero attached hydrogens (tertiary/aromatic N) is 2. The first-order valence-electron chi connectivity index (χ1n) is 8.19. The minimum atomic E-state index is 0.358. The van der Waals surface area contributed by atoms with Crippen molar-refractivity contribution in [3.8, 4) is 0 Å². The van der Waals surface area contributed by atoms with Crippen molar-refractivity contribution in [3.05, 3.63) is 11.9 Å². The fourth-order valence-corrected chi connectivity index (χ4v) is 3.41. The second-order valence-corrected chi connectivity index (χ2v) is 6.43. The third-order valence-electron chi connectivity index (χ3n) is 4.43. The zero-order valence-corrected chi connectivity index (χ0v) is 13.2. The molecule has 2 saturated heterocycles. The van der Waals surface area contributed by atoms with Crippen molar-refractivity contribution < 1.29 is 4.74 Å². The number of rotatable bonds is 6. The molecule has 2 fully saturated rings. The normalized spacial score (nSPS) is 27.3. The molecular formula is C16H26N4O. The molecule has 2 bridgehead atoms. The van der Waals surface area contributed by atoms with E-state index in [1.165, 1.54) is 18.4 Å². The van der Waals surface area contributed by atoms with Crippen molar-refractivity contribution in [1.82, 2.24) is 9.97 Å². The first-order valence-corrected chi connectivity index (χ1v) is 8.19. The number of fused-ring (bicyclic) bond motifs is 2. The summed E-state index contributed by atoms with van der Waals surface area (Å²) < 4.78 is 5.93. The third kappa shape index (κ3) is 2.98. The molecule has 5 heteroatoms. The van der Waals surface area contributed by atoms with Crippen molar-refractivity contribution in [2.75, 3.05) is 17.2 Å². The molecule has 0 amide bonds. The Morgan fingerprint density at radius 2 is 2.10 bits per heavy atom. The van der Waals surface area contributed by atoms with Crippen LogP contribution in [0.2, 0.25) is 0 Å². The molecule has 3 rings (SSSR count). The maximum absolute atomic E-state index is 5.93. The van der Waals surface area contributed by atoms with Gasteiger partial charge in [-0.05, 0) is 31.6 Å². The molecule has 5 nitrogen and oxygen atoms in total. The topological polar surface area (TPSA) is 59.1 Å². The summed E-state index contributed by atoms with van der Waals surface area (Å²) in [6.07, 6.45) is 7.04. The van der Waals surface area contributed by atoms with Gasteiger partial charge in [0, 0.05) is 12.1 Å². The van der Waals surface area contributed by atoms with Gasteiger partial charge in [0.2, 0.25) is 0 Å². The molecule has 21 heavy (non-hydrogen) atoms. The van der Waals surface area contributed by atoms with E-state index in [4.69, 9.17) is 4.74 Å². The lowest BCUT2D eigenvalue weighted by molar-refractivity contribution is 0.102. The van der Waals surface area contributed by atoms with Crippen molar-refractivity contribution in [2.24, 2.45) is 0 Å². The van der Waals surface area contributed by atoms with Gasteiger partial charge in [0.25, 0.3) is 0 Å². The zero-order valence-electron chi connectivity index (χ0n) is 13.2. The molecule has 3 atom stereocenters. The Bertz CT molecular complexity index is 491. The number of anilines is 2. The summed E-state index contributed by atoms with van der Waals surface area (Å²) in [6.45, 7) is 7.49. The lowest BCUT2D eigenvalue weighted by Crippen LogP contribution is -2.31. The average Bonchev–Trinajstić information content (AvgIpc) is 3.07. The molecule has 2 N–H and O–H groups in total. The molecule has 116 valence electrons. The Balaban J connectivity index is 1.80. The highest BCUT2D eigenvalue weighted by molar-refractivity contribution is 5.59. The molecule has 0 radical (unpaired) electrons. The smallest absolute Gasteiger partial charge is 0.135 e. The van der Waals surface area contributed by atoms with Crippen molar-refractivity contribution >= 4 is 11.6 Å². The van der Waals surface area contributed by atoms with Crippen LogP contribution in [0.3, 0.4) is 0 Å². The summed E-state index contributed by atoms with van der Waals surface area (Å²) in [5, 5.41) is 7.04. The van der Waals surface area contributed by atoms with Crippen molar-refractivity contribution in [2.45, 2.75) is 70.6 Å². The van der Waals surface area contributed by atoms with Crippen LogP contribution >= 0.6 is 0 Å². The molecule has 1 aromatic heterocycles. The third-order valence-corrected chi connectivity index (χ3v) is 4.43. The van der Waals surface area contributed by atoms with Crippen LogP contribution in [0.15, 0.2) is 6.33 Å². The fourth-order valence-electron chi connectivity index (χ4n) is 3.41. The lowest BCUT2D eigenvalue weighted by atomic mass is 9.95. The van der Waals surface area contributed by atoms with E-state index >= 15 is 0 Å². The number of hydrogen-bond donors (Lipinski definition) is 2. The van der Waals surface area contributed by atoms with E-state index in [0.29, 0.717) is 24.2 Å². The number of nitrogens with one attached hydrogen (secondary N) is 2. The van der Waals surface area contributed by atoms with E-state index in [1.54, 1.807) is 6.33 Å². The minimum absolute atomic E-state index is 0.358. The highest BCUT2D eigenvalue weighted by atomic mass is 16.5. The van der Waals surface area contributed by atoms with E-state index in [-0.39, 0.29) is 0 Å². The Hall–Kier alpha value is -1.36. The standard InChI is InChI=1S/C16H26N4O/c1-4-7-17-15-14(10(2)3)16(19-9-18-15)20-12-8-11-5-6-13(12)21-11/h9-13H,4-8H2,1-3H3,(H2,17,18,19,20). The summed E-state index contributed by atoms with van der Waals surface area (Å²) in [5.74, 6) is 2.32. The molecule has 1 aromatic rings. The Kier molecular flexibility index (Phi) is 4.29. The molecule has 2 aliphatic rings. The summed E-state index contributed by atoms with van der Waals surface area (Å²) in [4.78, 5) is 8.93. The van der Waals surface area contributed by atoms with Gasteiger partial charge in [0.15, 0.2) is 0 Å². The zero-order chi connectivity index (χ0) is 14.8. The molecular weight excluding hydrogens is 264 g/mol. The highest BCUT2D eigenvalue weighted by Gasteiger charge is 2.41. The first-order chi connectivity index (χ1) is 10.2. The van der Waals surface area contributed by atoms with Gasteiger partial charge in [0.1, 0.15) is 18.0 Å². The molecule has 3 heterocycles. The molecule has 0 aliphatic carbocycles. The highest BCUT2D eigenvalue weighted by Crippen LogP contribution is 2.37. The summed E-state index contributed by atoms with van der Waals surface area (Å²) in [7, 11) is 0. The van der Waals surface area contributed by atoms with Gasteiger partial charge in [-0.15, -0.1) is 0 Å². The number of aromatic nitrogens is 2. The summed E-state index contributed by atoms with van der Waals surface area (Å²) in [5.41, 5.74) is 1.19. The van der Waals surface area contributed by atoms with Crippen LogP contribution in [0.4, 0.5) is 11.6 Å². The predicted octanol–water partition coefficient (Wildman–Crippen LogP) is 3.15. The van der Waals surface area contributed by atoms with Gasteiger partial charge in [0.05, 0.1) is 18.2 Å². The second-order valence-electron chi connectivity index (χ2n) is 6.43. The van der Waals surface area contributed by atoms with E-state index in [1.807, 2.05) is 0 Å². The summed E-state index contributed by atoms with van der Waals surface area (Å²) in [6, 6.07) is 0.398. The fraction of sp³-hybridized carbons (Fsp3) is 0.750. The number of ether oxygens (including phenoxy) is 1. The van der Waals surface area contributed by atoms with Crippen LogP contribution in [0.25, 0.3) is 0 Å². The first kappa shape index (κ1) is 14.6. The predicted molar refractivity (Wildman–Crippen MR) is 84.8 cm³/mol. The van der Waals surface area contributed by atoms with Crippen LogP contribution in [0.1, 0.15) is 57.9 Å². The monoisotopic (exact) mass is 290 g/mol. The minimum Gasteiger partial charge on any atom is -0.373 e. The average molecular weight is 290 g/mol. The SMILES string of the molecule is CCCNc1ncnc(NC2CC3CCC2O3)c1C(C)C. The number of hydrogen-bond acceptors (Lipinski definition) is 5. The largest absolute Gasteiger partial charge is 0.373 e. The van der Waals surface area contributed by atoms with Crippen LogP contribution < -0.4 is 10.6 Å². The molecule has 2 aliphatic heterocycles. The summed E-state index contributed by atoms with van der Waals surface area (Å²) >= 11 is 0. The molecule has 0 saturated carbocycles. The van der Waals surface area contributed by atoms with Crippen molar-refractivity contribution in [1.29, 1.82) is 0 Å². The van der Waals surface area contributed by atoms with Gasteiger partial charge in [-0.2, -0.15) is 0 Å². The second kappa shape index (κ2) is 6.18. The van der Waals surface area contributed by atoms with Crippen LogP contribution in [0.5, 0.6) is 0 Å². The Morgan fingerprint density at radius 3 is 2.71 bits per heavy atom. The lowest BCUT2D eigenvalue weighted by Gasteiger charge is -2.24. The van der Waals surface area contributed by atoms with Crippen LogP contribution in [0, 0.1) is 0 Å². The Morgan fingerprint density at radius 1 is 1.29 bits per heavy atom. The van der Waals surface area contributed by atoms with Gasteiger partial charge >= 0.3 is 0 Å². The van der Waals surface area contributed by atoms with E-state index < -0.39 is 0 Å². The van der Waals surface area contributed by atoms with Gasteiger partial charge in [-0.25, -0.2) is 9.97 Å². The van der Waals surface area contributed by atoms with Crippen LogP contribution in [-0.2, 0) is 4.74 Å².